The van der Waals surface area contributed by atoms with Gasteiger partial charge in [-0.05, 0) is 25.2 Å². The van der Waals surface area contributed by atoms with Gasteiger partial charge in [-0.25, -0.2) is 0 Å². The Morgan fingerprint density at radius 2 is 2.50 bits per heavy atom. The predicted molar refractivity (Wildman–Crippen MR) is 59.4 cm³/mol. The molecular weight excluding hydrogens is 234 g/mol. The molecule has 1 fully saturated rings. The monoisotopic (exact) mass is 247 g/mol. The van der Waals surface area contributed by atoms with E-state index in [-0.39, 0.29) is 18.4 Å². The Kier molecular flexibility index (Phi) is 2.38. The van der Waals surface area contributed by atoms with Crippen molar-refractivity contribution >= 4 is 5.97 Å². The topological polar surface area (TPSA) is 88.1 Å². The number of aliphatic hydroxyl groups is 1. The van der Waals surface area contributed by atoms with Crippen molar-refractivity contribution in [2.75, 3.05) is 6.61 Å². The first kappa shape index (κ1) is 11.2. The van der Waals surface area contributed by atoms with Gasteiger partial charge >= 0.3 is 5.97 Å². The molecule has 18 heavy (non-hydrogen) atoms. The third-order valence-electron chi connectivity index (χ3n) is 3.62. The fourth-order valence-electron chi connectivity index (χ4n) is 2.80. The van der Waals surface area contributed by atoms with Crippen LogP contribution < -0.4 is 0 Å². The van der Waals surface area contributed by atoms with Crippen molar-refractivity contribution in [3.8, 4) is 6.07 Å². The maximum absolute atomic E-state index is 11.5. The van der Waals surface area contributed by atoms with Gasteiger partial charge in [0.15, 0.2) is 5.69 Å². The molecule has 3 rings (SSSR count). The molecule has 0 radical (unpaired) electrons. The zero-order valence-electron chi connectivity index (χ0n) is 9.96. The molecule has 0 aliphatic heterocycles. The van der Waals surface area contributed by atoms with E-state index in [4.69, 9.17) is 10.00 Å². The average Bonchev–Trinajstić information content (AvgIpc) is 2.97. The average molecular weight is 247 g/mol. The number of ether oxygens (including phenoxy) is 1. The van der Waals surface area contributed by atoms with Gasteiger partial charge in [0.2, 0.25) is 0 Å². The van der Waals surface area contributed by atoms with E-state index in [2.05, 4.69) is 5.10 Å². The SMILES string of the molecule is CCOC(=O)Cn1nc(C#N)c2c1C(O)[C@@H]1C[C@H]21. The van der Waals surface area contributed by atoms with Gasteiger partial charge in [-0.1, -0.05) is 0 Å². The summed E-state index contributed by atoms with van der Waals surface area (Å²) in [7, 11) is 0. The van der Waals surface area contributed by atoms with E-state index >= 15 is 0 Å². The molecule has 94 valence electrons. The predicted octanol–water partition coefficient (Wildman–Crippen LogP) is 0.468. The minimum atomic E-state index is -0.603. The lowest BCUT2D eigenvalue weighted by molar-refractivity contribution is -0.144. The third kappa shape index (κ3) is 1.44. The molecule has 0 amide bonds. The lowest BCUT2D eigenvalue weighted by Crippen LogP contribution is -2.18. The molecule has 0 saturated heterocycles. The van der Waals surface area contributed by atoms with Crippen LogP contribution in [0.1, 0.15) is 42.3 Å². The van der Waals surface area contributed by atoms with Crippen LogP contribution in [0, 0.1) is 17.2 Å². The van der Waals surface area contributed by atoms with Crippen molar-refractivity contribution in [3.63, 3.8) is 0 Å². The first-order valence-corrected chi connectivity index (χ1v) is 6.01. The standard InChI is InChI=1S/C12H13N3O3/c1-2-18-9(16)5-15-11-10(8(4-13)14-15)6-3-7(6)12(11)17/h6-7,12,17H,2-3,5H2,1H3/t6-,7+,12?/m0/s1. The fraction of sp³-hybridized carbons (Fsp3) is 0.583. The maximum atomic E-state index is 11.5. The molecule has 1 aromatic heterocycles. The van der Waals surface area contributed by atoms with E-state index in [1.165, 1.54) is 4.68 Å². The fourth-order valence-corrected chi connectivity index (χ4v) is 2.80. The number of hydrogen-bond donors (Lipinski definition) is 1. The van der Waals surface area contributed by atoms with E-state index in [1.54, 1.807) is 6.92 Å². The number of esters is 1. The van der Waals surface area contributed by atoms with Crippen molar-refractivity contribution in [3.05, 3.63) is 17.0 Å². The Morgan fingerprint density at radius 1 is 1.72 bits per heavy atom. The van der Waals surface area contributed by atoms with E-state index in [0.29, 0.717) is 18.0 Å². The second-order valence-corrected chi connectivity index (χ2v) is 4.67. The number of aliphatic hydroxyl groups excluding tert-OH is 1. The van der Waals surface area contributed by atoms with Gasteiger partial charge in [0.05, 0.1) is 18.4 Å². The highest BCUT2D eigenvalue weighted by molar-refractivity contribution is 5.69. The summed E-state index contributed by atoms with van der Waals surface area (Å²) >= 11 is 0. The number of rotatable bonds is 3. The Bertz CT molecular complexity index is 558. The van der Waals surface area contributed by atoms with E-state index in [9.17, 15) is 9.90 Å². The Hall–Kier alpha value is -1.87. The van der Waals surface area contributed by atoms with Gasteiger partial charge in [0.25, 0.3) is 0 Å². The Morgan fingerprint density at radius 3 is 3.17 bits per heavy atom. The first-order valence-electron chi connectivity index (χ1n) is 6.01. The van der Waals surface area contributed by atoms with Gasteiger partial charge in [-0.15, -0.1) is 0 Å². The number of nitriles is 1. The first-order chi connectivity index (χ1) is 8.67. The van der Waals surface area contributed by atoms with Gasteiger partial charge in [-0.3, -0.25) is 9.48 Å². The van der Waals surface area contributed by atoms with E-state index in [0.717, 1.165) is 12.0 Å². The molecule has 6 nitrogen and oxygen atoms in total. The van der Waals surface area contributed by atoms with Gasteiger partial charge in [0.1, 0.15) is 12.6 Å². The largest absolute Gasteiger partial charge is 0.465 e. The summed E-state index contributed by atoms with van der Waals surface area (Å²) in [5.74, 6) is 0.0548. The number of fused-ring (bicyclic) bond motifs is 3. The Labute approximate surface area is 104 Å². The van der Waals surface area contributed by atoms with Crippen molar-refractivity contribution in [2.45, 2.75) is 31.9 Å². The summed E-state index contributed by atoms with van der Waals surface area (Å²) in [5, 5.41) is 23.2. The van der Waals surface area contributed by atoms with Crippen LogP contribution >= 0.6 is 0 Å². The van der Waals surface area contributed by atoms with Crippen LogP contribution in [0.25, 0.3) is 0 Å². The summed E-state index contributed by atoms with van der Waals surface area (Å²) in [6, 6.07) is 2.04. The molecule has 0 aromatic carbocycles. The van der Waals surface area contributed by atoms with E-state index in [1.807, 2.05) is 6.07 Å². The minimum absolute atomic E-state index is 0.0473. The lowest BCUT2D eigenvalue weighted by Gasteiger charge is -2.10. The number of aromatic nitrogens is 2. The second-order valence-electron chi connectivity index (χ2n) is 4.67. The molecule has 1 aromatic rings. The highest BCUT2D eigenvalue weighted by atomic mass is 16.5. The van der Waals surface area contributed by atoms with Crippen molar-refractivity contribution in [1.29, 1.82) is 5.26 Å². The molecule has 0 bridgehead atoms. The van der Waals surface area contributed by atoms with Crippen molar-refractivity contribution in [1.82, 2.24) is 9.78 Å². The molecule has 1 N–H and O–H groups in total. The number of hydrogen-bond acceptors (Lipinski definition) is 5. The third-order valence-corrected chi connectivity index (χ3v) is 3.62. The smallest absolute Gasteiger partial charge is 0.327 e. The summed E-state index contributed by atoms with van der Waals surface area (Å²) in [6.45, 7) is 1.99. The zero-order chi connectivity index (χ0) is 12.9. The molecule has 1 unspecified atom stereocenters. The molecule has 6 heteroatoms. The van der Waals surface area contributed by atoms with Crippen LogP contribution in [0.4, 0.5) is 0 Å². The van der Waals surface area contributed by atoms with Gasteiger partial charge in [-0.2, -0.15) is 10.4 Å². The summed E-state index contributed by atoms with van der Waals surface area (Å²) in [4.78, 5) is 11.5. The quantitative estimate of drug-likeness (QED) is 0.784. The van der Waals surface area contributed by atoms with Crippen LogP contribution in [-0.4, -0.2) is 27.5 Å². The molecule has 1 saturated carbocycles. The van der Waals surface area contributed by atoms with Crippen molar-refractivity contribution in [2.24, 2.45) is 5.92 Å². The van der Waals surface area contributed by atoms with Gasteiger partial charge in [0, 0.05) is 5.56 Å². The second kappa shape index (κ2) is 3.82. The highest BCUT2D eigenvalue weighted by Gasteiger charge is 2.55. The van der Waals surface area contributed by atoms with Crippen LogP contribution in [0.2, 0.25) is 0 Å². The molecule has 2 aliphatic carbocycles. The normalized spacial score (nSPS) is 27.3. The molecular formula is C12H13N3O3. The van der Waals surface area contributed by atoms with E-state index < -0.39 is 12.1 Å². The maximum Gasteiger partial charge on any atom is 0.327 e. The molecule has 2 aliphatic rings. The number of carbonyl (C=O) groups is 1. The van der Waals surface area contributed by atoms with Crippen LogP contribution in [0.5, 0.6) is 0 Å². The minimum Gasteiger partial charge on any atom is -0.465 e. The Balaban J connectivity index is 1.95. The van der Waals surface area contributed by atoms with Crippen LogP contribution in [0.3, 0.4) is 0 Å². The highest BCUT2D eigenvalue weighted by Crippen LogP contribution is 2.62. The summed E-state index contributed by atoms with van der Waals surface area (Å²) < 4.78 is 6.28. The van der Waals surface area contributed by atoms with Crippen LogP contribution in [0.15, 0.2) is 0 Å². The molecule has 3 atom stereocenters. The zero-order valence-corrected chi connectivity index (χ0v) is 9.96. The summed E-state index contributed by atoms with van der Waals surface area (Å²) in [6.07, 6.45) is 0.308. The molecule has 1 heterocycles. The van der Waals surface area contributed by atoms with Crippen LogP contribution in [-0.2, 0) is 16.1 Å². The lowest BCUT2D eigenvalue weighted by atomic mass is 10.1. The summed E-state index contributed by atoms with van der Waals surface area (Å²) in [5.41, 5.74) is 1.79. The molecule has 0 spiro atoms. The number of carbonyl (C=O) groups excluding carboxylic acids is 1. The van der Waals surface area contributed by atoms with Crippen molar-refractivity contribution < 1.29 is 14.6 Å². The van der Waals surface area contributed by atoms with Gasteiger partial charge < -0.3 is 9.84 Å². The number of nitrogens with zero attached hydrogens (tertiary/aromatic N) is 3.